The predicted molar refractivity (Wildman–Crippen MR) is 53.0 cm³/mol. The van der Waals surface area contributed by atoms with Crippen molar-refractivity contribution in [1.29, 1.82) is 0 Å². The lowest BCUT2D eigenvalue weighted by Gasteiger charge is -2.15. The fourth-order valence-electron chi connectivity index (χ4n) is 0.755. The second-order valence-electron chi connectivity index (χ2n) is 2.75. The molecule has 0 aliphatic heterocycles. The Kier molecular flexibility index (Phi) is 6.43. The zero-order chi connectivity index (χ0) is 11.9. The van der Waals surface area contributed by atoms with E-state index in [4.69, 9.17) is 14.5 Å². The maximum atomic E-state index is 11.0. The zero-order valence-electron chi connectivity index (χ0n) is 8.62. The topological polar surface area (TPSA) is 93.1 Å². The summed E-state index contributed by atoms with van der Waals surface area (Å²) in [6.07, 6.45) is 2.50. The Bertz CT molecular complexity index is 268. The minimum absolute atomic E-state index is 0.315. The Balaban J connectivity index is 4.04. The van der Waals surface area contributed by atoms with E-state index >= 15 is 0 Å². The molecule has 0 heterocycles. The molecule has 0 saturated carbocycles. The number of ether oxygens (including phenoxy) is 1. The second kappa shape index (κ2) is 6.74. The van der Waals surface area contributed by atoms with Gasteiger partial charge < -0.3 is 14.5 Å². The molecule has 0 spiro atoms. The lowest BCUT2D eigenvalue weighted by Crippen LogP contribution is -2.21. The van der Waals surface area contributed by atoms with Crippen molar-refractivity contribution >= 4 is 13.8 Å². The van der Waals surface area contributed by atoms with Crippen LogP contribution in [0.5, 0.6) is 0 Å². The number of esters is 1. The molecular formula is C8H15O6P. The van der Waals surface area contributed by atoms with Crippen LogP contribution < -0.4 is 0 Å². The summed E-state index contributed by atoms with van der Waals surface area (Å²) in [6, 6.07) is 0. The molecule has 0 radical (unpaired) electrons. The molecule has 0 aliphatic rings. The SMILES string of the molecule is CC=CC(=O)OC(CC)COP(=O)(O)O. The number of rotatable bonds is 6. The highest BCUT2D eigenvalue weighted by atomic mass is 31.2. The lowest BCUT2D eigenvalue weighted by atomic mass is 10.3. The van der Waals surface area contributed by atoms with Crippen molar-refractivity contribution in [2.24, 2.45) is 0 Å². The third-order valence-electron chi connectivity index (χ3n) is 1.47. The highest BCUT2D eigenvalue weighted by Crippen LogP contribution is 2.36. The van der Waals surface area contributed by atoms with Crippen molar-refractivity contribution in [3.05, 3.63) is 12.2 Å². The number of phosphoric acid groups is 1. The van der Waals surface area contributed by atoms with Crippen LogP contribution >= 0.6 is 7.82 Å². The molecule has 0 saturated heterocycles. The van der Waals surface area contributed by atoms with Crippen molar-refractivity contribution in [3.63, 3.8) is 0 Å². The molecule has 0 bridgehead atoms. The van der Waals surface area contributed by atoms with E-state index in [1.54, 1.807) is 13.8 Å². The molecule has 7 heteroatoms. The third kappa shape index (κ3) is 8.32. The van der Waals surface area contributed by atoms with Crippen molar-refractivity contribution in [2.45, 2.75) is 26.4 Å². The largest absolute Gasteiger partial charge is 0.469 e. The minimum atomic E-state index is -4.50. The van der Waals surface area contributed by atoms with Gasteiger partial charge in [0, 0.05) is 6.08 Å². The van der Waals surface area contributed by atoms with Gasteiger partial charge in [-0.15, -0.1) is 0 Å². The molecule has 1 atom stereocenters. The van der Waals surface area contributed by atoms with Gasteiger partial charge in [0.05, 0.1) is 6.61 Å². The highest BCUT2D eigenvalue weighted by molar-refractivity contribution is 7.46. The summed E-state index contributed by atoms with van der Waals surface area (Å²) in [5, 5.41) is 0. The first kappa shape index (κ1) is 14.3. The smallest absolute Gasteiger partial charge is 0.457 e. The van der Waals surface area contributed by atoms with E-state index in [9.17, 15) is 9.36 Å². The van der Waals surface area contributed by atoms with E-state index in [1.807, 2.05) is 0 Å². The van der Waals surface area contributed by atoms with E-state index in [0.717, 1.165) is 0 Å². The van der Waals surface area contributed by atoms with Crippen LogP contribution in [-0.2, 0) is 18.6 Å². The van der Waals surface area contributed by atoms with Crippen LogP contribution in [-0.4, -0.2) is 28.5 Å². The first-order valence-electron chi connectivity index (χ1n) is 4.42. The lowest BCUT2D eigenvalue weighted by molar-refractivity contribution is -0.144. The Morgan fingerprint density at radius 2 is 2.13 bits per heavy atom. The summed E-state index contributed by atoms with van der Waals surface area (Å²) < 4.78 is 19.4. The fraction of sp³-hybridized carbons (Fsp3) is 0.625. The predicted octanol–water partition coefficient (Wildman–Crippen LogP) is 0.994. The molecule has 1 unspecified atom stereocenters. The summed E-state index contributed by atoms with van der Waals surface area (Å²) in [5.41, 5.74) is 0. The standard InChI is InChI=1S/C8H15O6P/c1-3-5-8(9)14-7(4-2)6-13-15(10,11)12/h3,5,7H,4,6H2,1-2H3,(H2,10,11,12). The van der Waals surface area contributed by atoms with Crippen LogP contribution in [0.2, 0.25) is 0 Å². The minimum Gasteiger partial charge on any atom is -0.457 e. The molecule has 6 nitrogen and oxygen atoms in total. The highest BCUT2D eigenvalue weighted by Gasteiger charge is 2.19. The van der Waals surface area contributed by atoms with Crippen LogP contribution in [0.4, 0.5) is 0 Å². The molecule has 0 amide bonds. The molecule has 15 heavy (non-hydrogen) atoms. The molecule has 0 rings (SSSR count). The monoisotopic (exact) mass is 238 g/mol. The van der Waals surface area contributed by atoms with Gasteiger partial charge >= 0.3 is 13.8 Å². The fourth-order valence-corrected chi connectivity index (χ4v) is 1.12. The Labute approximate surface area is 88.1 Å². The van der Waals surface area contributed by atoms with Crippen LogP contribution in [0.15, 0.2) is 12.2 Å². The summed E-state index contributed by atoms with van der Waals surface area (Å²) in [7, 11) is -4.50. The zero-order valence-corrected chi connectivity index (χ0v) is 9.52. The summed E-state index contributed by atoms with van der Waals surface area (Å²) in [4.78, 5) is 27.8. The van der Waals surface area contributed by atoms with Gasteiger partial charge in [0.25, 0.3) is 0 Å². The van der Waals surface area contributed by atoms with Gasteiger partial charge in [0.1, 0.15) is 6.10 Å². The Hall–Kier alpha value is -0.680. The average Bonchev–Trinajstić information content (AvgIpc) is 2.11. The number of phosphoric ester groups is 1. The Morgan fingerprint density at radius 3 is 2.53 bits per heavy atom. The maximum absolute atomic E-state index is 11.0. The Morgan fingerprint density at radius 1 is 1.53 bits per heavy atom. The van der Waals surface area contributed by atoms with Crippen molar-refractivity contribution in [2.75, 3.05) is 6.61 Å². The van der Waals surface area contributed by atoms with Gasteiger partial charge in [-0.25, -0.2) is 9.36 Å². The van der Waals surface area contributed by atoms with E-state index in [0.29, 0.717) is 6.42 Å². The van der Waals surface area contributed by atoms with E-state index in [1.165, 1.54) is 12.2 Å². The third-order valence-corrected chi connectivity index (χ3v) is 1.95. The molecule has 0 aromatic heterocycles. The first-order valence-corrected chi connectivity index (χ1v) is 5.95. The van der Waals surface area contributed by atoms with Crippen LogP contribution in [0, 0.1) is 0 Å². The van der Waals surface area contributed by atoms with Crippen LogP contribution in [0.3, 0.4) is 0 Å². The van der Waals surface area contributed by atoms with Gasteiger partial charge in [0.2, 0.25) is 0 Å². The normalized spacial score (nSPS) is 14.1. The molecule has 0 aromatic rings. The van der Waals surface area contributed by atoms with Crippen molar-refractivity contribution in [1.82, 2.24) is 0 Å². The van der Waals surface area contributed by atoms with Gasteiger partial charge in [-0.3, -0.25) is 4.52 Å². The maximum Gasteiger partial charge on any atom is 0.469 e. The van der Waals surface area contributed by atoms with Crippen molar-refractivity contribution in [3.8, 4) is 0 Å². The van der Waals surface area contributed by atoms with Gasteiger partial charge in [0.15, 0.2) is 0 Å². The van der Waals surface area contributed by atoms with Gasteiger partial charge in [-0.2, -0.15) is 0 Å². The molecular weight excluding hydrogens is 223 g/mol. The van der Waals surface area contributed by atoms with Crippen LogP contribution in [0.1, 0.15) is 20.3 Å². The summed E-state index contributed by atoms with van der Waals surface area (Å²) in [5.74, 6) is -0.557. The quantitative estimate of drug-likeness (QED) is 0.407. The molecule has 2 N–H and O–H groups in total. The van der Waals surface area contributed by atoms with Crippen molar-refractivity contribution < 1.29 is 28.4 Å². The average molecular weight is 238 g/mol. The van der Waals surface area contributed by atoms with Gasteiger partial charge in [-0.1, -0.05) is 13.0 Å². The molecule has 88 valence electrons. The van der Waals surface area contributed by atoms with Gasteiger partial charge in [-0.05, 0) is 13.3 Å². The molecule has 0 fully saturated rings. The van der Waals surface area contributed by atoms with E-state index in [2.05, 4.69) is 4.52 Å². The first-order chi connectivity index (χ1) is 6.89. The number of carbonyl (C=O) groups is 1. The number of carbonyl (C=O) groups excluding carboxylic acids is 1. The second-order valence-corrected chi connectivity index (χ2v) is 3.99. The van der Waals surface area contributed by atoms with E-state index in [-0.39, 0.29) is 6.61 Å². The number of hydrogen-bond acceptors (Lipinski definition) is 4. The molecule has 0 aliphatic carbocycles. The summed E-state index contributed by atoms with van der Waals surface area (Å²) in [6.45, 7) is 3.06. The van der Waals surface area contributed by atoms with E-state index < -0.39 is 19.9 Å². The molecule has 0 aromatic carbocycles. The van der Waals surface area contributed by atoms with Crippen LogP contribution in [0.25, 0.3) is 0 Å². The summed E-state index contributed by atoms with van der Waals surface area (Å²) >= 11 is 0. The number of allylic oxidation sites excluding steroid dienone is 1. The number of hydrogen-bond donors (Lipinski definition) is 2.